The summed E-state index contributed by atoms with van der Waals surface area (Å²) in [6.07, 6.45) is 75.2. The Morgan fingerprint density at radius 1 is 0.296 bits per heavy atom. The summed E-state index contributed by atoms with van der Waals surface area (Å²) in [5.74, 6) is -0.892. The lowest BCUT2D eigenvalue weighted by Crippen LogP contribution is -2.30. The molecule has 0 aromatic rings. The SMILES string of the molecule is CC/C=C\C/C=C\C/C=C\C/C=C\CCCCCCCCC(=O)OC(COC(=O)CCCCCCC/C=C\CCC)COC(=O)CCCCCCCCCCCCCCCCCCCCCCCCCC. The van der Waals surface area contributed by atoms with Gasteiger partial charge in [0.1, 0.15) is 13.2 Å². The Labute approximate surface area is 440 Å². The standard InChI is InChI=1S/C65H116O6/c1-4-7-10-13-16-19-22-24-26-28-30-31-32-33-34-36-37-39-41-43-46-49-52-55-58-64(67)70-61-62(60-69-63(66)57-54-51-48-45-21-18-15-12-9-6-3)71-65(68)59-56-53-50-47-44-42-40-38-35-29-27-25-23-20-17-14-11-8-5-2/h8,11-12,15,17,20,25,27,35,38,62H,4-7,9-10,13-14,16,18-19,21-24,26,28-34,36-37,39-61H2,1-3H3/b11-8-,15-12-,20-17-,27-25-,38-35-. The van der Waals surface area contributed by atoms with Crippen LogP contribution in [0.15, 0.2) is 60.8 Å². The third-order valence-electron chi connectivity index (χ3n) is 13.5. The summed E-state index contributed by atoms with van der Waals surface area (Å²) in [4.78, 5) is 38.1. The molecule has 0 aromatic heterocycles. The van der Waals surface area contributed by atoms with E-state index in [-0.39, 0.29) is 31.1 Å². The molecule has 0 N–H and O–H groups in total. The molecule has 0 radical (unpaired) electrons. The number of ether oxygens (including phenoxy) is 3. The van der Waals surface area contributed by atoms with Crippen LogP contribution in [-0.2, 0) is 28.6 Å². The average Bonchev–Trinajstić information content (AvgIpc) is 3.37. The fourth-order valence-corrected chi connectivity index (χ4v) is 8.91. The van der Waals surface area contributed by atoms with Crippen molar-refractivity contribution in [3.05, 3.63) is 60.8 Å². The van der Waals surface area contributed by atoms with Crippen LogP contribution in [0.5, 0.6) is 0 Å². The molecular formula is C65H116O6. The van der Waals surface area contributed by atoms with Crippen molar-refractivity contribution in [3.8, 4) is 0 Å². The van der Waals surface area contributed by atoms with Gasteiger partial charge in [-0.25, -0.2) is 0 Å². The molecule has 0 spiro atoms. The lowest BCUT2D eigenvalue weighted by molar-refractivity contribution is -0.167. The maximum absolute atomic E-state index is 12.9. The quantitative estimate of drug-likeness (QED) is 0.0261. The van der Waals surface area contributed by atoms with Crippen LogP contribution in [0.25, 0.3) is 0 Å². The maximum atomic E-state index is 12.9. The van der Waals surface area contributed by atoms with Crippen molar-refractivity contribution >= 4 is 17.9 Å². The van der Waals surface area contributed by atoms with Crippen LogP contribution in [0.2, 0.25) is 0 Å². The van der Waals surface area contributed by atoms with Gasteiger partial charge in [0.15, 0.2) is 6.10 Å². The van der Waals surface area contributed by atoms with Gasteiger partial charge in [-0.2, -0.15) is 0 Å². The molecule has 0 aliphatic carbocycles. The summed E-state index contributed by atoms with van der Waals surface area (Å²) in [6, 6.07) is 0. The Balaban J connectivity index is 4.23. The highest BCUT2D eigenvalue weighted by atomic mass is 16.6. The molecule has 0 aliphatic rings. The van der Waals surface area contributed by atoms with Crippen LogP contribution < -0.4 is 0 Å². The van der Waals surface area contributed by atoms with Crippen molar-refractivity contribution in [2.75, 3.05) is 13.2 Å². The zero-order valence-electron chi connectivity index (χ0n) is 47.2. The number of hydrogen-bond donors (Lipinski definition) is 0. The van der Waals surface area contributed by atoms with Crippen LogP contribution in [0.4, 0.5) is 0 Å². The zero-order valence-corrected chi connectivity index (χ0v) is 47.2. The molecule has 6 heteroatoms. The Morgan fingerprint density at radius 3 is 0.930 bits per heavy atom. The molecular weight excluding hydrogens is 877 g/mol. The van der Waals surface area contributed by atoms with E-state index in [0.717, 1.165) is 109 Å². The van der Waals surface area contributed by atoms with Crippen molar-refractivity contribution in [1.29, 1.82) is 0 Å². The smallest absolute Gasteiger partial charge is 0.306 e. The second-order valence-electron chi connectivity index (χ2n) is 20.6. The van der Waals surface area contributed by atoms with Crippen LogP contribution in [0.3, 0.4) is 0 Å². The summed E-state index contributed by atoms with van der Waals surface area (Å²) >= 11 is 0. The molecule has 1 atom stereocenters. The number of carbonyl (C=O) groups is 3. The normalized spacial score (nSPS) is 12.4. The van der Waals surface area contributed by atoms with E-state index in [4.69, 9.17) is 14.2 Å². The predicted molar refractivity (Wildman–Crippen MR) is 307 cm³/mol. The van der Waals surface area contributed by atoms with Gasteiger partial charge in [0, 0.05) is 19.3 Å². The fraction of sp³-hybridized carbons (Fsp3) is 0.800. The highest BCUT2D eigenvalue weighted by Gasteiger charge is 2.19. The van der Waals surface area contributed by atoms with E-state index in [0.29, 0.717) is 19.3 Å². The molecule has 0 fully saturated rings. The van der Waals surface area contributed by atoms with Crippen molar-refractivity contribution < 1.29 is 28.6 Å². The molecule has 0 saturated heterocycles. The second-order valence-corrected chi connectivity index (χ2v) is 20.6. The summed E-state index contributed by atoms with van der Waals surface area (Å²) in [5.41, 5.74) is 0. The Morgan fingerprint density at radius 2 is 0.577 bits per heavy atom. The number of allylic oxidation sites excluding steroid dienone is 10. The maximum Gasteiger partial charge on any atom is 0.306 e. The van der Waals surface area contributed by atoms with Gasteiger partial charge in [-0.1, -0.05) is 281 Å². The fourth-order valence-electron chi connectivity index (χ4n) is 8.91. The number of esters is 3. The van der Waals surface area contributed by atoms with E-state index in [1.807, 2.05) is 0 Å². The molecule has 0 saturated carbocycles. The molecule has 0 amide bonds. The Hall–Kier alpha value is -2.89. The first-order valence-corrected chi connectivity index (χ1v) is 30.8. The molecule has 0 aromatic carbocycles. The van der Waals surface area contributed by atoms with E-state index in [2.05, 4.69) is 81.5 Å². The number of unbranched alkanes of at least 4 members (excludes halogenated alkanes) is 35. The summed E-state index contributed by atoms with van der Waals surface area (Å²) in [7, 11) is 0. The molecule has 0 heterocycles. The predicted octanol–water partition coefficient (Wildman–Crippen LogP) is 20.8. The summed E-state index contributed by atoms with van der Waals surface area (Å²) in [6.45, 7) is 6.49. The van der Waals surface area contributed by atoms with Gasteiger partial charge in [-0.05, 0) is 77.0 Å². The second kappa shape index (κ2) is 59.7. The minimum absolute atomic E-state index is 0.0801. The van der Waals surface area contributed by atoms with Crippen LogP contribution in [0, 0.1) is 0 Å². The molecule has 0 bridgehead atoms. The number of rotatable bonds is 56. The molecule has 0 rings (SSSR count). The van der Waals surface area contributed by atoms with Crippen molar-refractivity contribution in [2.45, 2.75) is 322 Å². The molecule has 71 heavy (non-hydrogen) atoms. The largest absolute Gasteiger partial charge is 0.462 e. The van der Waals surface area contributed by atoms with E-state index < -0.39 is 6.10 Å². The van der Waals surface area contributed by atoms with Gasteiger partial charge in [0.05, 0.1) is 0 Å². The molecule has 6 nitrogen and oxygen atoms in total. The van der Waals surface area contributed by atoms with Crippen LogP contribution in [-0.4, -0.2) is 37.2 Å². The molecule has 1 unspecified atom stereocenters. The van der Waals surface area contributed by atoms with Crippen LogP contribution in [0.1, 0.15) is 316 Å². The highest BCUT2D eigenvalue weighted by molar-refractivity contribution is 5.71. The minimum Gasteiger partial charge on any atom is -0.462 e. The lowest BCUT2D eigenvalue weighted by atomic mass is 10.0. The first kappa shape index (κ1) is 68.1. The third kappa shape index (κ3) is 57.9. The monoisotopic (exact) mass is 993 g/mol. The van der Waals surface area contributed by atoms with E-state index in [1.54, 1.807) is 0 Å². The van der Waals surface area contributed by atoms with Crippen molar-refractivity contribution in [3.63, 3.8) is 0 Å². The Kier molecular flexibility index (Phi) is 57.2. The summed E-state index contributed by atoms with van der Waals surface area (Å²) < 4.78 is 16.9. The minimum atomic E-state index is -0.784. The van der Waals surface area contributed by atoms with Crippen molar-refractivity contribution in [1.82, 2.24) is 0 Å². The van der Waals surface area contributed by atoms with Gasteiger partial charge >= 0.3 is 17.9 Å². The summed E-state index contributed by atoms with van der Waals surface area (Å²) in [5, 5.41) is 0. The van der Waals surface area contributed by atoms with E-state index in [9.17, 15) is 14.4 Å². The first-order chi connectivity index (χ1) is 35.0. The van der Waals surface area contributed by atoms with Crippen LogP contribution >= 0.6 is 0 Å². The molecule has 0 aliphatic heterocycles. The average molecular weight is 994 g/mol. The van der Waals surface area contributed by atoms with Crippen molar-refractivity contribution in [2.24, 2.45) is 0 Å². The van der Waals surface area contributed by atoms with Gasteiger partial charge in [-0.3, -0.25) is 14.4 Å². The zero-order chi connectivity index (χ0) is 51.4. The van der Waals surface area contributed by atoms with Gasteiger partial charge in [0.2, 0.25) is 0 Å². The van der Waals surface area contributed by atoms with E-state index in [1.165, 1.54) is 167 Å². The third-order valence-corrected chi connectivity index (χ3v) is 13.5. The first-order valence-electron chi connectivity index (χ1n) is 30.8. The lowest BCUT2D eigenvalue weighted by Gasteiger charge is -2.18. The number of carbonyl (C=O) groups excluding carboxylic acids is 3. The van der Waals surface area contributed by atoms with E-state index >= 15 is 0 Å². The topological polar surface area (TPSA) is 78.9 Å². The highest BCUT2D eigenvalue weighted by Crippen LogP contribution is 2.17. The van der Waals surface area contributed by atoms with Gasteiger partial charge in [0.25, 0.3) is 0 Å². The Bertz CT molecular complexity index is 1280. The van der Waals surface area contributed by atoms with Gasteiger partial charge in [-0.15, -0.1) is 0 Å². The molecule has 412 valence electrons. The van der Waals surface area contributed by atoms with Gasteiger partial charge < -0.3 is 14.2 Å². The number of hydrogen-bond acceptors (Lipinski definition) is 6.